The molecule has 0 aromatic heterocycles. The van der Waals surface area contributed by atoms with Crippen molar-refractivity contribution in [1.82, 2.24) is 0 Å². The average Bonchev–Trinajstić information content (AvgIpc) is 2.68. The van der Waals surface area contributed by atoms with Gasteiger partial charge in [-0.05, 0) is 44.9 Å². The van der Waals surface area contributed by atoms with Crippen LogP contribution in [0.25, 0.3) is 0 Å². The van der Waals surface area contributed by atoms with Crippen molar-refractivity contribution < 1.29 is 33.5 Å². The van der Waals surface area contributed by atoms with Crippen LogP contribution in [0.3, 0.4) is 0 Å². The third kappa shape index (κ3) is 5.49. The summed E-state index contributed by atoms with van der Waals surface area (Å²) in [5.41, 5.74) is 0. The van der Waals surface area contributed by atoms with Gasteiger partial charge in [-0.3, -0.25) is 4.57 Å². The maximum absolute atomic E-state index is 12.2. The van der Waals surface area contributed by atoms with Crippen molar-refractivity contribution in [3.05, 3.63) is 0 Å². The zero-order valence-corrected chi connectivity index (χ0v) is 14.9. The number of aliphatic hydroxyl groups is 2. The Morgan fingerprint density at radius 2 is 1.83 bits per heavy atom. The summed E-state index contributed by atoms with van der Waals surface area (Å²) in [6.07, 6.45) is -1.15. The molecule has 1 saturated carbocycles. The van der Waals surface area contributed by atoms with Crippen LogP contribution in [0.15, 0.2) is 0 Å². The minimum absolute atomic E-state index is 0.287. The maximum Gasteiger partial charge on any atom is 0.268 e. The Labute approximate surface area is 137 Å². The zero-order chi connectivity index (χ0) is 17.2. The molecule has 0 amide bonds. The molecule has 7 nitrogen and oxygen atoms in total. The van der Waals surface area contributed by atoms with Crippen molar-refractivity contribution in [2.24, 2.45) is 5.92 Å². The van der Waals surface area contributed by atoms with E-state index in [1.807, 2.05) is 13.8 Å². The van der Waals surface area contributed by atoms with Gasteiger partial charge in [-0.25, -0.2) is 0 Å². The van der Waals surface area contributed by atoms with Crippen LogP contribution < -0.4 is 4.89 Å². The van der Waals surface area contributed by atoms with Gasteiger partial charge >= 0.3 is 0 Å². The van der Waals surface area contributed by atoms with Crippen LogP contribution in [0.5, 0.6) is 0 Å². The molecular formula is C15H28O7P-. The van der Waals surface area contributed by atoms with Crippen LogP contribution in [-0.4, -0.2) is 46.8 Å². The largest absolute Gasteiger partial charge is 0.756 e. The van der Waals surface area contributed by atoms with Crippen molar-refractivity contribution >= 4 is 7.82 Å². The van der Waals surface area contributed by atoms with Gasteiger partial charge in [0.1, 0.15) is 12.2 Å². The Morgan fingerprint density at radius 3 is 2.39 bits per heavy atom. The van der Waals surface area contributed by atoms with Gasteiger partial charge < -0.3 is 28.9 Å². The molecule has 1 aliphatic carbocycles. The standard InChI is InChI=1S/C15H29O7P/c1-9(2)8-13-15(14(17)10(3)20-13)22-23(18,19)21-12-6-4-11(16)5-7-12/h9-17H,4-8H2,1-3H3,(H,18,19)/p-1/t10-,11?,12?,13+,14-,15+/m0/s1. The summed E-state index contributed by atoms with van der Waals surface area (Å²) < 4.78 is 28.1. The molecular weight excluding hydrogens is 323 g/mol. The van der Waals surface area contributed by atoms with E-state index in [0.717, 1.165) is 0 Å². The summed E-state index contributed by atoms with van der Waals surface area (Å²) >= 11 is 0. The summed E-state index contributed by atoms with van der Waals surface area (Å²) in [6.45, 7) is 5.69. The maximum atomic E-state index is 12.2. The van der Waals surface area contributed by atoms with Crippen LogP contribution in [0.2, 0.25) is 0 Å². The van der Waals surface area contributed by atoms with Crippen LogP contribution in [-0.2, 0) is 18.3 Å². The SMILES string of the molecule is CC(C)C[C@H]1O[C@@H](C)[C@H](O)[C@@H]1OP(=O)([O-])OC1CCC(O)CC1. The lowest BCUT2D eigenvalue weighted by molar-refractivity contribution is -0.238. The van der Waals surface area contributed by atoms with E-state index >= 15 is 0 Å². The second-order valence-corrected chi connectivity index (χ2v) is 8.37. The lowest BCUT2D eigenvalue weighted by atomic mass is 9.95. The predicted octanol–water partition coefficient (Wildman–Crippen LogP) is 1.35. The van der Waals surface area contributed by atoms with Crippen LogP contribution in [0.4, 0.5) is 0 Å². The van der Waals surface area contributed by atoms with Crippen molar-refractivity contribution in [1.29, 1.82) is 0 Å². The van der Waals surface area contributed by atoms with Gasteiger partial charge in [-0.2, -0.15) is 0 Å². The summed E-state index contributed by atoms with van der Waals surface area (Å²) in [6, 6.07) is 0. The fourth-order valence-corrected chi connectivity index (χ4v) is 4.40. The molecule has 1 heterocycles. The second kappa shape index (κ2) is 7.91. The zero-order valence-electron chi connectivity index (χ0n) is 14.0. The van der Waals surface area contributed by atoms with Crippen molar-refractivity contribution in [3.8, 4) is 0 Å². The first-order chi connectivity index (χ1) is 10.7. The normalized spacial score (nSPS) is 41.2. The van der Waals surface area contributed by atoms with E-state index in [4.69, 9.17) is 13.8 Å². The Bertz CT molecular complexity index is 420. The molecule has 0 aromatic carbocycles. The lowest BCUT2D eigenvalue weighted by Gasteiger charge is -2.34. The van der Waals surface area contributed by atoms with E-state index in [0.29, 0.717) is 32.1 Å². The van der Waals surface area contributed by atoms with E-state index in [9.17, 15) is 19.7 Å². The first-order valence-electron chi connectivity index (χ1n) is 8.37. The van der Waals surface area contributed by atoms with E-state index in [1.54, 1.807) is 6.92 Å². The van der Waals surface area contributed by atoms with Crippen LogP contribution >= 0.6 is 7.82 Å². The molecule has 23 heavy (non-hydrogen) atoms. The van der Waals surface area contributed by atoms with Gasteiger partial charge in [0.05, 0.1) is 24.4 Å². The number of ether oxygens (including phenoxy) is 1. The van der Waals surface area contributed by atoms with Gasteiger partial charge in [-0.15, -0.1) is 0 Å². The average molecular weight is 351 g/mol. The topological polar surface area (TPSA) is 108 Å². The number of phosphoric acid groups is 1. The second-order valence-electron chi connectivity index (χ2n) is 7.05. The Balaban J connectivity index is 1.95. The van der Waals surface area contributed by atoms with Gasteiger partial charge in [0.25, 0.3) is 7.82 Å². The molecule has 2 N–H and O–H groups in total. The van der Waals surface area contributed by atoms with E-state index in [1.165, 1.54) is 0 Å². The third-order valence-electron chi connectivity index (χ3n) is 4.45. The highest BCUT2D eigenvalue weighted by molar-refractivity contribution is 7.45. The highest BCUT2D eigenvalue weighted by atomic mass is 31.2. The molecule has 2 rings (SSSR count). The summed E-state index contributed by atoms with van der Waals surface area (Å²) in [4.78, 5) is 12.2. The van der Waals surface area contributed by atoms with Gasteiger partial charge in [0.2, 0.25) is 0 Å². The molecule has 1 saturated heterocycles. The highest BCUT2D eigenvalue weighted by Gasteiger charge is 2.44. The number of hydrogen-bond acceptors (Lipinski definition) is 7. The quantitative estimate of drug-likeness (QED) is 0.695. The number of phosphoric ester groups is 1. The van der Waals surface area contributed by atoms with Crippen molar-refractivity contribution in [3.63, 3.8) is 0 Å². The highest BCUT2D eigenvalue weighted by Crippen LogP contribution is 2.47. The molecule has 8 heteroatoms. The summed E-state index contributed by atoms with van der Waals surface area (Å²) in [7, 11) is -4.55. The summed E-state index contributed by atoms with van der Waals surface area (Å²) in [5, 5.41) is 19.6. The molecule has 5 atom stereocenters. The number of aliphatic hydroxyl groups excluding tert-OH is 2. The fraction of sp³-hybridized carbons (Fsp3) is 1.00. The molecule has 0 bridgehead atoms. The van der Waals surface area contributed by atoms with Crippen LogP contribution in [0, 0.1) is 5.92 Å². The van der Waals surface area contributed by atoms with Gasteiger partial charge in [-0.1, -0.05) is 13.8 Å². The van der Waals surface area contributed by atoms with Crippen molar-refractivity contribution in [2.75, 3.05) is 0 Å². The van der Waals surface area contributed by atoms with Crippen molar-refractivity contribution in [2.45, 2.75) is 89.5 Å². The Kier molecular flexibility index (Phi) is 6.65. The fourth-order valence-electron chi connectivity index (χ4n) is 3.21. The Hall–Kier alpha value is -0.0100. The third-order valence-corrected chi connectivity index (χ3v) is 5.51. The van der Waals surface area contributed by atoms with E-state index < -0.39 is 38.3 Å². The minimum Gasteiger partial charge on any atom is -0.756 e. The number of hydrogen-bond donors (Lipinski definition) is 2. The van der Waals surface area contributed by atoms with Gasteiger partial charge in [0.15, 0.2) is 0 Å². The predicted molar refractivity (Wildman–Crippen MR) is 81.6 cm³/mol. The molecule has 0 radical (unpaired) electrons. The molecule has 2 fully saturated rings. The van der Waals surface area contributed by atoms with E-state index in [2.05, 4.69) is 0 Å². The first-order valence-corrected chi connectivity index (χ1v) is 9.83. The van der Waals surface area contributed by atoms with E-state index in [-0.39, 0.29) is 12.0 Å². The van der Waals surface area contributed by atoms with Crippen LogP contribution in [0.1, 0.15) is 52.9 Å². The molecule has 2 aliphatic rings. The molecule has 1 aliphatic heterocycles. The molecule has 136 valence electrons. The first kappa shape index (κ1) is 19.3. The summed E-state index contributed by atoms with van der Waals surface area (Å²) in [5.74, 6) is 0.287. The Morgan fingerprint density at radius 1 is 1.22 bits per heavy atom. The number of rotatable bonds is 6. The molecule has 0 spiro atoms. The minimum atomic E-state index is -4.55. The monoisotopic (exact) mass is 351 g/mol. The molecule has 0 aromatic rings. The lowest BCUT2D eigenvalue weighted by Crippen LogP contribution is -2.36. The molecule has 1 unspecified atom stereocenters. The van der Waals surface area contributed by atoms with Gasteiger partial charge in [0, 0.05) is 0 Å². The smallest absolute Gasteiger partial charge is 0.268 e.